The largest absolute Gasteiger partial charge is 0.376 e. The van der Waals surface area contributed by atoms with Gasteiger partial charge in [-0.25, -0.2) is 15.0 Å². The van der Waals surface area contributed by atoms with E-state index in [2.05, 4.69) is 57.4 Å². The van der Waals surface area contributed by atoms with Gasteiger partial charge in [0, 0.05) is 44.1 Å². The lowest BCUT2D eigenvalue weighted by Gasteiger charge is -2.21. The molecule has 1 aliphatic rings. The number of rotatable bonds is 8. The minimum atomic E-state index is 0.530. The monoisotopic (exact) mass is 432 g/mol. The van der Waals surface area contributed by atoms with Crippen molar-refractivity contribution in [1.29, 1.82) is 0 Å². The molecule has 7 nitrogen and oxygen atoms in total. The first-order valence-corrected chi connectivity index (χ1v) is 11.3. The Labute approximate surface area is 190 Å². The number of ether oxygens (including phenoxy) is 1. The van der Waals surface area contributed by atoms with E-state index in [4.69, 9.17) is 9.73 Å². The van der Waals surface area contributed by atoms with Crippen LogP contribution in [0.2, 0.25) is 0 Å². The number of aryl methyl sites for hydroxylation is 1. The van der Waals surface area contributed by atoms with Crippen LogP contribution in [-0.4, -0.2) is 51.6 Å². The maximum atomic E-state index is 5.97. The molecule has 1 unspecified atom stereocenters. The second-order valence-electron chi connectivity index (χ2n) is 8.14. The molecule has 1 fully saturated rings. The SMILES string of the molecule is CCNC(=NCc1ccc(-n2ccnc2C)nc1)N1CCC(COCc2ccccc2)C1. The summed E-state index contributed by atoms with van der Waals surface area (Å²) < 4.78 is 7.94. The van der Waals surface area contributed by atoms with Crippen molar-refractivity contribution in [2.75, 3.05) is 26.2 Å². The van der Waals surface area contributed by atoms with Crippen LogP contribution in [0.1, 0.15) is 30.3 Å². The molecule has 1 aliphatic heterocycles. The Balaban J connectivity index is 1.30. The number of nitrogens with zero attached hydrogens (tertiary/aromatic N) is 5. The lowest BCUT2D eigenvalue weighted by molar-refractivity contribution is 0.0906. The van der Waals surface area contributed by atoms with E-state index >= 15 is 0 Å². The van der Waals surface area contributed by atoms with Crippen LogP contribution in [0.25, 0.3) is 5.82 Å². The lowest BCUT2D eigenvalue weighted by Crippen LogP contribution is -2.40. The van der Waals surface area contributed by atoms with E-state index in [1.54, 1.807) is 6.20 Å². The van der Waals surface area contributed by atoms with E-state index in [1.165, 1.54) is 5.56 Å². The van der Waals surface area contributed by atoms with Gasteiger partial charge in [-0.2, -0.15) is 0 Å². The molecule has 168 valence electrons. The molecule has 0 saturated carbocycles. The first-order chi connectivity index (χ1) is 15.7. The second kappa shape index (κ2) is 10.9. The van der Waals surface area contributed by atoms with E-state index in [-0.39, 0.29) is 0 Å². The van der Waals surface area contributed by atoms with Gasteiger partial charge < -0.3 is 15.0 Å². The number of pyridine rings is 1. The Morgan fingerprint density at radius 3 is 2.75 bits per heavy atom. The molecule has 0 radical (unpaired) electrons. The summed E-state index contributed by atoms with van der Waals surface area (Å²) in [5.41, 5.74) is 2.31. The average Bonchev–Trinajstić information content (AvgIpc) is 3.47. The first-order valence-electron chi connectivity index (χ1n) is 11.3. The second-order valence-corrected chi connectivity index (χ2v) is 8.14. The standard InChI is InChI=1S/C25H32N6O/c1-3-26-25(29-16-22-9-10-24(28-15-22)31-14-12-27-20(31)2)30-13-11-23(17-30)19-32-18-21-7-5-4-6-8-21/h4-10,12,14-15,23H,3,11,13,16-19H2,1-2H3,(H,26,29). The predicted octanol–water partition coefficient (Wildman–Crippen LogP) is 3.58. The maximum absolute atomic E-state index is 5.97. The Kier molecular flexibility index (Phi) is 7.51. The zero-order valence-electron chi connectivity index (χ0n) is 18.9. The fourth-order valence-corrected chi connectivity index (χ4v) is 3.94. The third-order valence-electron chi connectivity index (χ3n) is 5.68. The van der Waals surface area contributed by atoms with Gasteiger partial charge in [0.05, 0.1) is 19.8 Å². The molecule has 3 heterocycles. The van der Waals surface area contributed by atoms with Gasteiger partial charge in [0.1, 0.15) is 11.6 Å². The average molecular weight is 433 g/mol. The van der Waals surface area contributed by atoms with Gasteiger partial charge in [-0.15, -0.1) is 0 Å². The molecule has 3 aromatic rings. The van der Waals surface area contributed by atoms with Crippen LogP contribution in [0.15, 0.2) is 66.0 Å². The number of aliphatic imine (C=N–C) groups is 1. The van der Waals surface area contributed by atoms with Crippen LogP contribution in [0.5, 0.6) is 0 Å². The van der Waals surface area contributed by atoms with Crippen molar-refractivity contribution in [2.45, 2.75) is 33.4 Å². The summed E-state index contributed by atoms with van der Waals surface area (Å²) in [6, 6.07) is 14.4. The number of nitrogens with one attached hydrogen (secondary N) is 1. The minimum Gasteiger partial charge on any atom is -0.376 e. The summed E-state index contributed by atoms with van der Waals surface area (Å²) >= 11 is 0. The summed E-state index contributed by atoms with van der Waals surface area (Å²) in [7, 11) is 0. The topological polar surface area (TPSA) is 67.6 Å². The molecular weight excluding hydrogens is 400 g/mol. The number of benzene rings is 1. The zero-order chi connectivity index (χ0) is 22.2. The molecule has 2 aromatic heterocycles. The Morgan fingerprint density at radius 1 is 1.16 bits per heavy atom. The molecule has 1 N–H and O–H groups in total. The molecule has 7 heteroatoms. The van der Waals surface area contributed by atoms with Gasteiger partial charge in [-0.1, -0.05) is 36.4 Å². The van der Waals surface area contributed by atoms with Crippen molar-refractivity contribution in [2.24, 2.45) is 10.9 Å². The minimum absolute atomic E-state index is 0.530. The molecule has 4 rings (SSSR count). The third-order valence-corrected chi connectivity index (χ3v) is 5.68. The van der Waals surface area contributed by atoms with Crippen molar-refractivity contribution >= 4 is 5.96 Å². The fourth-order valence-electron chi connectivity index (χ4n) is 3.94. The zero-order valence-corrected chi connectivity index (χ0v) is 18.9. The van der Waals surface area contributed by atoms with E-state index in [0.29, 0.717) is 19.1 Å². The van der Waals surface area contributed by atoms with Crippen LogP contribution in [0, 0.1) is 12.8 Å². The molecule has 0 spiro atoms. The number of hydrogen-bond donors (Lipinski definition) is 1. The molecule has 0 amide bonds. The van der Waals surface area contributed by atoms with Crippen molar-refractivity contribution in [3.8, 4) is 5.82 Å². The normalized spacial score (nSPS) is 16.5. The highest BCUT2D eigenvalue weighted by Crippen LogP contribution is 2.18. The molecule has 1 aromatic carbocycles. The summed E-state index contributed by atoms with van der Waals surface area (Å²) in [4.78, 5) is 16.0. The molecule has 32 heavy (non-hydrogen) atoms. The van der Waals surface area contributed by atoms with E-state index in [9.17, 15) is 0 Å². The van der Waals surface area contributed by atoms with Crippen molar-refractivity contribution in [1.82, 2.24) is 24.8 Å². The maximum Gasteiger partial charge on any atom is 0.194 e. The molecule has 1 atom stereocenters. The summed E-state index contributed by atoms with van der Waals surface area (Å²) in [6.07, 6.45) is 6.73. The van der Waals surface area contributed by atoms with Gasteiger partial charge in [-0.3, -0.25) is 4.57 Å². The van der Waals surface area contributed by atoms with Crippen LogP contribution in [0.3, 0.4) is 0 Å². The van der Waals surface area contributed by atoms with E-state index < -0.39 is 0 Å². The van der Waals surface area contributed by atoms with Crippen molar-refractivity contribution < 1.29 is 4.74 Å². The highest BCUT2D eigenvalue weighted by Gasteiger charge is 2.25. The quantitative estimate of drug-likeness (QED) is 0.435. The van der Waals surface area contributed by atoms with Gasteiger partial charge in [0.25, 0.3) is 0 Å². The van der Waals surface area contributed by atoms with E-state index in [1.807, 2.05) is 36.0 Å². The van der Waals surface area contributed by atoms with Crippen LogP contribution in [-0.2, 0) is 17.9 Å². The Bertz CT molecular complexity index is 999. The predicted molar refractivity (Wildman–Crippen MR) is 127 cm³/mol. The van der Waals surface area contributed by atoms with Crippen LogP contribution in [0.4, 0.5) is 0 Å². The fraction of sp³-hybridized carbons (Fsp3) is 0.400. The van der Waals surface area contributed by atoms with Crippen LogP contribution >= 0.6 is 0 Å². The smallest absolute Gasteiger partial charge is 0.194 e. The highest BCUT2D eigenvalue weighted by atomic mass is 16.5. The van der Waals surface area contributed by atoms with E-state index in [0.717, 1.165) is 55.8 Å². The van der Waals surface area contributed by atoms with Gasteiger partial charge in [-0.05, 0) is 37.5 Å². The molecular formula is C25H32N6O. The Hall–Kier alpha value is -3.19. The molecule has 0 bridgehead atoms. The number of guanidine groups is 1. The van der Waals surface area contributed by atoms with Gasteiger partial charge in [0.2, 0.25) is 0 Å². The number of imidazole rings is 1. The molecule has 1 saturated heterocycles. The summed E-state index contributed by atoms with van der Waals surface area (Å²) in [5, 5.41) is 3.44. The summed E-state index contributed by atoms with van der Waals surface area (Å²) in [6.45, 7) is 8.96. The Morgan fingerprint density at radius 2 is 2.03 bits per heavy atom. The first kappa shape index (κ1) is 22.0. The molecule has 0 aliphatic carbocycles. The summed E-state index contributed by atoms with van der Waals surface area (Å²) in [5.74, 6) is 3.29. The van der Waals surface area contributed by atoms with Gasteiger partial charge >= 0.3 is 0 Å². The van der Waals surface area contributed by atoms with Gasteiger partial charge in [0.15, 0.2) is 5.96 Å². The highest BCUT2D eigenvalue weighted by molar-refractivity contribution is 5.80. The lowest BCUT2D eigenvalue weighted by atomic mass is 10.1. The number of likely N-dealkylation sites (tertiary alicyclic amines) is 1. The number of aromatic nitrogens is 3. The van der Waals surface area contributed by atoms with Crippen molar-refractivity contribution in [3.63, 3.8) is 0 Å². The third kappa shape index (κ3) is 5.73. The van der Waals surface area contributed by atoms with Crippen molar-refractivity contribution in [3.05, 3.63) is 78.0 Å². The number of hydrogen-bond acceptors (Lipinski definition) is 4. The van der Waals surface area contributed by atoms with Crippen LogP contribution < -0.4 is 5.32 Å².